The van der Waals surface area contributed by atoms with Crippen LogP contribution >= 0.6 is 0 Å². The van der Waals surface area contributed by atoms with Crippen LogP contribution in [-0.4, -0.2) is 11.8 Å². The van der Waals surface area contributed by atoms with Crippen LogP contribution in [0.1, 0.15) is 28.4 Å². The monoisotopic (exact) mass is 432 g/mol. The Morgan fingerprint density at radius 1 is 0.727 bits per heavy atom. The van der Waals surface area contributed by atoms with Gasteiger partial charge >= 0.3 is 0 Å². The predicted octanol–water partition coefficient (Wildman–Crippen LogP) is 6.39. The van der Waals surface area contributed by atoms with Crippen molar-refractivity contribution in [2.24, 2.45) is 0 Å². The van der Waals surface area contributed by atoms with Crippen molar-refractivity contribution in [3.8, 4) is 11.1 Å². The summed E-state index contributed by atoms with van der Waals surface area (Å²) in [5, 5.41) is 3.05. The number of carbonyl (C=O) groups is 2. The zero-order chi connectivity index (χ0) is 22.8. The number of nitrogens with one attached hydrogen (secondary N) is 1. The van der Waals surface area contributed by atoms with E-state index < -0.39 is 0 Å². The van der Waals surface area contributed by atoms with Crippen molar-refractivity contribution in [2.45, 2.75) is 19.8 Å². The van der Waals surface area contributed by atoms with Crippen LogP contribution in [0.15, 0.2) is 97.1 Å². The number of hydrogen-bond acceptors (Lipinski definition) is 2. The first-order chi connectivity index (χ1) is 16.1. The van der Waals surface area contributed by atoms with Crippen molar-refractivity contribution >= 4 is 28.9 Å². The third-order valence-electron chi connectivity index (χ3n) is 6.05. The van der Waals surface area contributed by atoms with Crippen LogP contribution in [0.25, 0.3) is 11.1 Å². The Kier molecular flexibility index (Phi) is 5.49. The maximum absolute atomic E-state index is 13.3. The molecule has 0 bridgehead atoms. The number of amides is 2. The van der Waals surface area contributed by atoms with Gasteiger partial charge in [0.25, 0.3) is 5.91 Å². The Hall–Kier alpha value is -4.18. The van der Waals surface area contributed by atoms with Crippen molar-refractivity contribution < 1.29 is 9.59 Å². The standard InChI is InChI=1S/C29H24N2O2/c1-20(32)31-27-14-8-5-11-22(27)15-16-23-17-18-24(19-28(23)31)30-29(33)26-13-7-6-12-25(26)21-9-3-2-4-10-21/h2-14,17-19H,15-16H2,1H3,(H,30,33). The second-order valence-electron chi connectivity index (χ2n) is 8.19. The molecule has 0 aromatic heterocycles. The molecule has 1 aliphatic heterocycles. The highest BCUT2D eigenvalue weighted by Gasteiger charge is 2.24. The fourth-order valence-electron chi connectivity index (χ4n) is 4.49. The number of aryl methyl sites for hydroxylation is 2. The minimum Gasteiger partial charge on any atom is -0.322 e. The number of rotatable bonds is 3. The van der Waals surface area contributed by atoms with E-state index in [1.807, 2.05) is 91.0 Å². The molecule has 33 heavy (non-hydrogen) atoms. The van der Waals surface area contributed by atoms with Crippen LogP contribution in [0.2, 0.25) is 0 Å². The normalized spacial score (nSPS) is 12.3. The van der Waals surface area contributed by atoms with E-state index in [0.29, 0.717) is 11.3 Å². The summed E-state index contributed by atoms with van der Waals surface area (Å²) in [4.78, 5) is 27.7. The minimum atomic E-state index is -0.183. The third kappa shape index (κ3) is 4.03. The van der Waals surface area contributed by atoms with Gasteiger partial charge in [-0.2, -0.15) is 0 Å². The zero-order valence-electron chi connectivity index (χ0n) is 18.4. The fourth-order valence-corrected chi connectivity index (χ4v) is 4.49. The summed E-state index contributed by atoms with van der Waals surface area (Å²) in [6, 6.07) is 31.3. The summed E-state index contributed by atoms with van der Waals surface area (Å²) in [6.45, 7) is 1.58. The van der Waals surface area contributed by atoms with Crippen LogP contribution in [0.3, 0.4) is 0 Å². The number of hydrogen-bond donors (Lipinski definition) is 1. The number of benzene rings is 4. The van der Waals surface area contributed by atoms with Crippen LogP contribution in [0, 0.1) is 0 Å². The second kappa shape index (κ2) is 8.75. The van der Waals surface area contributed by atoms with E-state index in [0.717, 1.165) is 46.5 Å². The molecule has 0 saturated carbocycles. The lowest BCUT2D eigenvalue weighted by Gasteiger charge is -2.24. The predicted molar refractivity (Wildman–Crippen MR) is 133 cm³/mol. The lowest BCUT2D eigenvalue weighted by Crippen LogP contribution is -2.24. The molecular weight excluding hydrogens is 408 g/mol. The van der Waals surface area contributed by atoms with Gasteiger partial charge in [-0.1, -0.05) is 72.8 Å². The second-order valence-corrected chi connectivity index (χ2v) is 8.19. The molecule has 1 heterocycles. The molecule has 0 saturated heterocycles. The lowest BCUT2D eigenvalue weighted by molar-refractivity contribution is -0.115. The summed E-state index contributed by atoms with van der Waals surface area (Å²) in [6.07, 6.45) is 1.70. The highest BCUT2D eigenvalue weighted by Crippen LogP contribution is 2.37. The van der Waals surface area contributed by atoms with Gasteiger partial charge in [-0.25, -0.2) is 0 Å². The molecule has 0 aliphatic carbocycles. The van der Waals surface area contributed by atoms with E-state index in [9.17, 15) is 9.59 Å². The van der Waals surface area contributed by atoms with Crippen molar-refractivity contribution in [1.82, 2.24) is 0 Å². The first-order valence-electron chi connectivity index (χ1n) is 11.1. The van der Waals surface area contributed by atoms with Gasteiger partial charge in [0, 0.05) is 18.2 Å². The van der Waals surface area contributed by atoms with Gasteiger partial charge in [-0.15, -0.1) is 0 Å². The molecule has 4 heteroatoms. The van der Waals surface area contributed by atoms with Gasteiger partial charge in [0.15, 0.2) is 0 Å². The minimum absolute atomic E-state index is 0.0523. The van der Waals surface area contributed by atoms with E-state index in [2.05, 4.69) is 11.4 Å². The molecule has 0 radical (unpaired) electrons. The molecule has 4 aromatic carbocycles. The zero-order valence-corrected chi connectivity index (χ0v) is 18.4. The molecule has 0 unspecified atom stereocenters. The molecule has 0 fully saturated rings. The smallest absolute Gasteiger partial charge is 0.256 e. The SMILES string of the molecule is CC(=O)N1c2ccccc2CCc2ccc(NC(=O)c3ccccc3-c3ccccc3)cc21. The van der Waals surface area contributed by atoms with Crippen LogP contribution < -0.4 is 10.2 Å². The topological polar surface area (TPSA) is 49.4 Å². The van der Waals surface area contributed by atoms with Crippen molar-refractivity contribution in [3.05, 3.63) is 114 Å². The number of nitrogens with zero attached hydrogens (tertiary/aromatic N) is 1. The summed E-state index contributed by atoms with van der Waals surface area (Å²) >= 11 is 0. The molecular formula is C29H24N2O2. The third-order valence-corrected chi connectivity index (χ3v) is 6.05. The Morgan fingerprint density at radius 3 is 2.18 bits per heavy atom. The van der Waals surface area contributed by atoms with Gasteiger partial charge < -0.3 is 5.32 Å². The number of carbonyl (C=O) groups excluding carboxylic acids is 2. The Labute approximate surface area is 193 Å². The van der Waals surface area contributed by atoms with Crippen molar-refractivity contribution in [1.29, 1.82) is 0 Å². The maximum Gasteiger partial charge on any atom is 0.256 e. The largest absolute Gasteiger partial charge is 0.322 e. The molecule has 5 rings (SSSR count). The Morgan fingerprint density at radius 2 is 1.39 bits per heavy atom. The van der Waals surface area contributed by atoms with Gasteiger partial charge in [-0.05, 0) is 59.4 Å². The van der Waals surface area contributed by atoms with Crippen molar-refractivity contribution in [3.63, 3.8) is 0 Å². The maximum atomic E-state index is 13.3. The van der Waals surface area contributed by atoms with Crippen molar-refractivity contribution in [2.75, 3.05) is 10.2 Å². The van der Waals surface area contributed by atoms with E-state index in [-0.39, 0.29) is 11.8 Å². The van der Waals surface area contributed by atoms with E-state index in [1.165, 1.54) is 0 Å². The van der Waals surface area contributed by atoms with Gasteiger partial charge in [0.2, 0.25) is 5.91 Å². The quantitative estimate of drug-likeness (QED) is 0.408. The summed E-state index contributed by atoms with van der Waals surface area (Å²) in [5.74, 6) is -0.235. The molecule has 162 valence electrons. The summed E-state index contributed by atoms with van der Waals surface area (Å²) in [5.41, 5.74) is 7.09. The highest BCUT2D eigenvalue weighted by atomic mass is 16.2. The van der Waals surface area contributed by atoms with E-state index in [1.54, 1.807) is 11.8 Å². The molecule has 4 nitrogen and oxygen atoms in total. The molecule has 1 aliphatic rings. The number of para-hydroxylation sites is 1. The van der Waals surface area contributed by atoms with Gasteiger partial charge in [-0.3, -0.25) is 14.5 Å². The van der Waals surface area contributed by atoms with E-state index >= 15 is 0 Å². The average Bonchev–Trinajstić information content (AvgIpc) is 3.01. The van der Waals surface area contributed by atoms with Gasteiger partial charge in [0.1, 0.15) is 0 Å². The Balaban J connectivity index is 1.50. The van der Waals surface area contributed by atoms with Gasteiger partial charge in [0.05, 0.1) is 11.4 Å². The molecule has 1 N–H and O–H groups in total. The van der Waals surface area contributed by atoms with Crippen LogP contribution in [-0.2, 0) is 17.6 Å². The highest BCUT2D eigenvalue weighted by molar-refractivity contribution is 6.09. The summed E-state index contributed by atoms with van der Waals surface area (Å²) < 4.78 is 0. The molecule has 0 spiro atoms. The fraction of sp³-hybridized carbons (Fsp3) is 0.103. The lowest BCUT2D eigenvalue weighted by atomic mass is 9.99. The average molecular weight is 433 g/mol. The first kappa shape index (κ1) is 20.7. The van der Waals surface area contributed by atoms with Crippen LogP contribution in [0.4, 0.5) is 17.1 Å². The number of anilines is 3. The Bertz CT molecular complexity index is 1340. The first-order valence-corrected chi connectivity index (χ1v) is 11.1. The van der Waals surface area contributed by atoms with E-state index in [4.69, 9.17) is 0 Å². The summed E-state index contributed by atoms with van der Waals surface area (Å²) in [7, 11) is 0. The molecule has 4 aromatic rings. The molecule has 2 amide bonds. The number of fused-ring (bicyclic) bond motifs is 2. The molecule has 0 atom stereocenters. The van der Waals surface area contributed by atoms with Crippen LogP contribution in [0.5, 0.6) is 0 Å².